The van der Waals surface area contributed by atoms with E-state index in [0.717, 1.165) is 38.7 Å². The number of carboxylic acids is 1. The summed E-state index contributed by atoms with van der Waals surface area (Å²) in [5.74, 6) is -0.428. The Labute approximate surface area is 219 Å². The van der Waals surface area contributed by atoms with Crippen LogP contribution in [0.1, 0.15) is 28.1 Å². The number of aryl methyl sites for hydroxylation is 1. The molecule has 0 aliphatic heterocycles. The number of pyridine rings is 1. The summed E-state index contributed by atoms with van der Waals surface area (Å²) >= 11 is 1.47. The van der Waals surface area contributed by atoms with Crippen LogP contribution in [-0.4, -0.2) is 22.0 Å². The summed E-state index contributed by atoms with van der Waals surface area (Å²) in [5.41, 5.74) is 4.00. The molecule has 2 heterocycles. The van der Waals surface area contributed by atoms with Gasteiger partial charge in [0.1, 0.15) is 24.4 Å². The normalized spacial score (nSPS) is 13.6. The highest BCUT2D eigenvalue weighted by Crippen LogP contribution is 2.40. The van der Waals surface area contributed by atoms with Gasteiger partial charge in [-0.15, -0.1) is 11.3 Å². The van der Waals surface area contributed by atoms with E-state index in [1.54, 1.807) is 0 Å². The van der Waals surface area contributed by atoms with E-state index in [1.807, 2.05) is 90.1 Å². The summed E-state index contributed by atoms with van der Waals surface area (Å²) in [5, 5.41) is 15.2. The second kappa shape index (κ2) is 10.5. The van der Waals surface area contributed by atoms with Gasteiger partial charge in [0.2, 0.25) is 5.91 Å². The lowest BCUT2D eigenvalue weighted by Gasteiger charge is -2.25. The molecule has 2 aromatic heterocycles. The summed E-state index contributed by atoms with van der Waals surface area (Å²) in [4.78, 5) is 29.5. The highest BCUT2D eigenvalue weighted by atomic mass is 32.1. The van der Waals surface area contributed by atoms with Gasteiger partial charge in [-0.3, -0.25) is 9.59 Å². The Bertz CT molecular complexity index is 1390. The van der Waals surface area contributed by atoms with E-state index < -0.39 is 11.4 Å². The van der Waals surface area contributed by atoms with Gasteiger partial charge in [0.25, 0.3) is 0 Å². The van der Waals surface area contributed by atoms with Gasteiger partial charge in [0, 0.05) is 28.6 Å². The number of nitrogens with one attached hydrogen (secondary N) is 1. The lowest BCUT2D eigenvalue weighted by molar-refractivity contribution is -0.671. The Kier molecular flexibility index (Phi) is 7.01. The molecule has 2 aromatic carbocycles. The molecule has 4 aromatic rings. The third kappa shape index (κ3) is 5.70. The molecule has 0 radical (unpaired) electrons. The van der Waals surface area contributed by atoms with E-state index in [9.17, 15) is 14.7 Å². The van der Waals surface area contributed by atoms with Crippen LogP contribution in [0.2, 0.25) is 0 Å². The molecule has 1 aliphatic carbocycles. The SMILES string of the molecule is C[n+]1ccc(COc2ccc(-c3csc(CNC(=O)C4(CC(=O)O)Cc5ccccc5C4)n3)cc2)cc1. The van der Waals surface area contributed by atoms with Crippen molar-refractivity contribution in [2.75, 3.05) is 0 Å². The number of nitrogens with zero attached hydrogens (tertiary/aromatic N) is 2. The van der Waals surface area contributed by atoms with E-state index in [4.69, 9.17) is 4.74 Å². The molecular weight excluding hydrogens is 486 g/mol. The Balaban J connectivity index is 1.19. The van der Waals surface area contributed by atoms with Crippen LogP contribution in [0.5, 0.6) is 5.75 Å². The molecule has 0 saturated heterocycles. The summed E-state index contributed by atoms with van der Waals surface area (Å²) in [7, 11) is 1.98. The minimum absolute atomic E-state index is 0.200. The van der Waals surface area contributed by atoms with Crippen molar-refractivity contribution in [3.8, 4) is 17.0 Å². The summed E-state index contributed by atoms with van der Waals surface area (Å²) in [6.07, 6.45) is 4.64. The highest BCUT2D eigenvalue weighted by molar-refractivity contribution is 7.09. The number of carbonyl (C=O) groups excluding carboxylic acids is 1. The molecule has 2 N–H and O–H groups in total. The van der Waals surface area contributed by atoms with Gasteiger partial charge >= 0.3 is 5.97 Å². The number of carboxylic acid groups (broad SMARTS) is 1. The van der Waals surface area contributed by atoms with E-state index >= 15 is 0 Å². The Hall–Kier alpha value is -4.04. The third-order valence-electron chi connectivity index (χ3n) is 6.70. The molecule has 0 unspecified atom stereocenters. The topological polar surface area (TPSA) is 92.4 Å². The first-order valence-corrected chi connectivity index (χ1v) is 13.0. The fourth-order valence-electron chi connectivity index (χ4n) is 4.73. The molecule has 0 saturated carbocycles. The second-order valence-corrected chi connectivity index (χ2v) is 10.4. The van der Waals surface area contributed by atoms with Crippen molar-refractivity contribution in [2.24, 2.45) is 12.5 Å². The van der Waals surface area contributed by atoms with Gasteiger partial charge in [0.05, 0.1) is 24.1 Å². The number of carbonyl (C=O) groups is 2. The number of aromatic nitrogens is 2. The fraction of sp³-hybridized carbons (Fsp3) is 0.241. The summed E-state index contributed by atoms with van der Waals surface area (Å²) in [6, 6.07) is 19.6. The lowest BCUT2D eigenvalue weighted by atomic mass is 9.80. The number of amides is 1. The first-order valence-electron chi connectivity index (χ1n) is 12.1. The maximum absolute atomic E-state index is 13.2. The number of hydrogen-bond acceptors (Lipinski definition) is 5. The predicted octanol–water partition coefficient (Wildman–Crippen LogP) is 4.09. The van der Waals surface area contributed by atoms with Crippen molar-refractivity contribution < 1.29 is 24.0 Å². The molecule has 0 spiro atoms. The van der Waals surface area contributed by atoms with Crippen LogP contribution in [-0.2, 0) is 42.6 Å². The van der Waals surface area contributed by atoms with Crippen LogP contribution in [0.4, 0.5) is 0 Å². The van der Waals surface area contributed by atoms with Crippen LogP contribution < -0.4 is 14.6 Å². The molecule has 5 rings (SSSR count). The van der Waals surface area contributed by atoms with Crippen molar-refractivity contribution in [3.63, 3.8) is 0 Å². The largest absolute Gasteiger partial charge is 0.489 e. The van der Waals surface area contributed by atoms with Crippen LogP contribution in [0.15, 0.2) is 78.4 Å². The standard InChI is InChI=1S/C29H27N3O4S/c1-32-12-10-20(11-13-32)18-36-24-8-6-21(7-9-24)25-19-37-26(31-25)17-30-28(35)29(16-27(33)34)14-22-4-2-3-5-23(22)15-29/h2-13,19H,14-18H2,1H3,(H-,30,33,34,35)/p+1. The van der Waals surface area contributed by atoms with Crippen LogP contribution in [0, 0.1) is 5.41 Å². The fourth-order valence-corrected chi connectivity index (χ4v) is 5.48. The van der Waals surface area contributed by atoms with Gasteiger partial charge in [-0.2, -0.15) is 0 Å². The smallest absolute Gasteiger partial charge is 0.304 e. The van der Waals surface area contributed by atoms with Crippen molar-refractivity contribution in [1.29, 1.82) is 0 Å². The molecule has 7 nitrogen and oxygen atoms in total. The zero-order valence-electron chi connectivity index (χ0n) is 20.5. The maximum atomic E-state index is 13.2. The average Bonchev–Trinajstić information content (AvgIpc) is 3.52. The molecular formula is C29H28N3O4S+. The molecule has 8 heteroatoms. The Morgan fingerprint density at radius 2 is 1.73 bits per heavy atom. The van der Waals surface area contributed by atoms with Crippen molar-refractivity contribution in [3.05, 3.63) is 100 Å². The Morgan fingerprint density at radius 1 is 1.05 bits per heavy atom. The zero-order chi connectivity index (χ0) is 25.8. The van der Waals surface area contributed by atoms with Gasteiger partial charge in [-0.05, 0) is 48.2 Å². The number of thiazole rings is 1. The van der Waals surface area contributed by atoms with Gasteiger partial charge < -0.3 is 15.2 Å². The number of benzene rings is 2. The predicted molar refractivity (Wildman–Crippen MR) is 140 cm³/mol. The molecule has 188 valence electrons. The number of rotatable bonds is 9. The molecule has 0 bridgehead atoms. The van der Waals surface area contributed by atoms with Crippen molar-refractivity contribution in [1.82, 2.24) is 10.3 Å². The van der Waals surface area contributed by atoms with Crippen molar-refractivity contribution >= 4 is 23.2 Å². The lowest BCUT2D eigenvalue weighted by Crippen LogP contribution is -2.43. The molecule has 37 heavy (non-hydrogen) atoms. The van der Waals surface area contributed by atoms with Gasteiger partial charge in [0.15, 0.2) is 12.4 Å². The first kappa shape index (κ1) is 24.6. The van der Waals surface area contributed by atoms with Gasteiger partial charge in [-0.25, -0.2) is 9.55 Å². The highest BCUT2D eigenvalue weighted by Gasteiger charge is 2.45. The van der Waals surface area contributed by atoms with Gasteiger partial charge in [-0.1, -0.05) is 24.3 Å². The number of ether oxygens (including phenoxy) is 1. The monoisotopic (exact) mass is 514 g/mol. The maximum Gasteiger partial charge on any atom is 0.304 e. The quantitative estimate of drug-likeness (QED) is 0.328. The van der Waals surface area contributed by atoms with Crippen LogP contribution in [0.3, 0.4) is 0 Å². The van der Waals surface area contributed by atoms with Crippen LogP contribution >= 0.6 is 11.3 Å². The zero-order valence-corrected chi connectivity index (χ0v) is 21.3. The minimum Gasteiger partial charge on any atom is -0.489 e. The van der Waals surface area contributed by atoms with Crippen molar-refractivity contribution in [2.45, 2.75) is 32.4 Å². The molecule has 0 atom stereocenters. The first-order chi connectivity index (χ1) is 17.9. The average molecular weight is 515 g/mol. The molecule has 1 aliphatic rings. The number of hydrogen-bond donors (Lipinski definition) is 2. The Morgan fingerprint density at radius 3 is 2.38 bits per heavy atom. The second-order valence-electron chi connectivity index (χ2n) is 9.47. The number of fused-ring (bicyclic) bond motifs is 1. The van der Waals surface area contributed by atoms with E-state index in [0.29, 0.717) is 19.4 Å². The molecule has 1 amide bonds. The third-order valence-corrected chi connectivity index (χ3v) is 7.55. The van der Waals surface area contributed by atoms with E-state index in [2.05, 4.69) is 10.3 Å². The van der Waals surface area contributed by atoms with Crippen LogP contribution in [0.25, 0.3) is 11.3 Å². The summed E-state index contributed by atoms with van der Waals surface area (Å²) < 4.78 is 7.87. The van der Waals surface area contributed by atoms with E-state index in [-0.39, 0.29) is 18.9 Å². The van der Waals surface area contributed by atoms with E-state index in [1.165, 1.54) is 11.3 Å². The minimum atomic E-state index is -0.969. The summed E-state index contributed by atoms with van der Waals surface area (Å²) in [6.45, 7) is 0.756. The number of aliphatic carboxylic acids is 1. The molecule has 0 fully saturated rings.